The molecule has 1 aliphatic rings. The van der Waals surface area contributed by atoms with Crippen LogP contribution in [-0.4, -0.2) is 0 Å². The summed E-state index contributed by atoms with van der Waals surface area (Å²) in [5, 5.41) is 0. The van der Waals surface area contributed by atoms with Crippen LogP contribution in [0.3, 0.4) is 0 Å². The summed E-state index contributed by atoms with van der Waals surface area (Å²) >= 11 is 0. The van der Waals surface area contributed by atoms with E-state index in [1.807, 2.05) is 6.07 Å². The van der Waals surface area contributed by atoms with Crippen molar-refractivity contribution >= 4 is 0 Å². The molecule has 0 amide bonds. The third-order valence-corrected chi connectivity index (χ3v) is 2.67. The molecule has 0 radical (unpaired) electrons. The number of benzene rings is 1. The first-order chi connectivity index (χ1) is 6.29. The number of alkyl halides is 2. The average Bonchev–Trinajstić information content (AvgIpc) is 2.17. The number of rotatable bonds is 1. The second kappa shape index (κ2) is 3.44. The molecule has 0 unspecified atom stereocenters. The van der Waals surface area contributed by atoms with Crippen molar-refractivity contribution in [1.82, 2.24) is 0 Å². The van der Waals surface area contributed by atoms with Crippen molar-refractivity contribution in [3.05, 3.63) is 34.9 Å². The number of aryl methyl sites for hydroxylation is 1. The highest BCUT2D eigenvalue weighted by Gasteiger charge is 2.17. The summed E-state index contributed by atoms with van der Waals surface area (Å²) in [4.78, 5) is 0. The fourth-order valence-electron chi connectivity index (χ4n) is 2.02. The van der Waals surface area contributed by atoms with Gasteiger partial charge in [0.15, 0.2) is 0 Å². The number of fused-ring (bicyclic) bond motifs is 1. The van der Waals surface area contributed by atoms with Gasteiger partial charge in [0, 0.05) is 5.56 Å². The Kier molecular flexibility index (Phi) is 2.30. The minimum Gasteiger partial charge on any atom is -0.205 e. The molecule has 0 saturated carbocycles. The van der Waals surface area contributed by atoms with Gasteiger partial charge in [-0.2, -0.15) is 0 Å². The van der Waals surface area contributed by atoms with Gasteiger partial charge in [-0.3, -0.25) is 0 Å². The first kappa shape index (κ1) is 8.67. The first-order valence-electron chi connectivity index (χ1n) is 4.68. The number of hydrogen-bond acceptors (Lipinski definition) is 0. The Hall–Kier alpha value is -0.920. The van der Waals surface area contributed by atoms with Crippen molar-refractivity contribution in [2.45, 2.75) is 32.1 Å². The van der Waals surface area contributed by atoms with Gasteiger partial charge in [-0.25, -0.2) is 8.78 Å². The molecule has 0 N–H and O–H groups in total. The predicted octanol–water partition coefficient (Wildman–Crippen LogP) is 3.50. The molecule has 0 bridgehead atoms. The molecule has 0 spiro atoms. The maximum atomic E-state index is 12.6. The molecule has 1 aromatic rings. The van der Waals surface area contributed by atoms with Crippen molar-refractivity contribution in [3.63, 3.8) is 0 Å². The molecular formula is C11H12F2. The van der Waals surface area contributed by atoms with E-state index in [2.05, 4.69) is 0 Å². The van der Waals surface area contributed by atoms with Gasteiger partial charge in [0.1, 0.15) is 0 Å². The zero-order valence-electron chi connectivity index (χ0n) is 7.39. The van der Waals surface area contributed by atoms with E-state index in [-0.39, 0.29) is 5.56 Å². The van der Waals surface area contributed by atoms with E-state index in [4.69, 9.17) is 0 Å². The molecule has 13 heavy (non-hydrogen) atoms. The van der Waals surface area contributed by atoms with Crippen LogP contribution in [0.25, 0.3) is 0 Å². The number of hydrogen-bond donors (Lipinski definition) is 0. The van der Waals surface area contributed by atoms with Crippen LogP contribution >= 0.6 is 0 Å². The minimum absolute atomic E-state index is 0.247. The molecule has 70 valence electrons. The minimum atomic E-state index is -2.31. The molecule has 0 atom stereocenters. The Labute approximate surface area is 76.6 Å². The van der Waals surface area contributed by atoms with Gasteiger partial charge in [0.2, 0.25) is 0 Å². The highest BCUT2D eigenvalue weighted by Crippen LogP contribution is 2.30. The van der Waals surface area contributed by atoms with E-state index < -0.39 is 6.43 Å². The molecule has 0 aliphatic heterocycles. The summed E-state index contributed by atoms with van der Waals surface area (Å²) < 4.78 is 25.1. The third-order valence-electron chi connectivity index (χ3n) is 2.67. The van der Waals surface area contributed by atoms with E-state index in [1.165, 1.54) is 0 Å². The Bertz CT molecular complexity index is 305. The zero-order chi connectivity index (χ0) is 9.26. The molecule has 1 aromatic carbocycles. The Morgan fingerprint density at radius 3 is 2.62 bits per heavy atom. The lowest BCUT2D eigenvalue weighted by Crippen LogP contribution is -2.06. The van der Waals surface area contributed by atoms with Gasteiger partial charge >= 0.3 is 0 Å². The lowest BCUT2D eigenvalue weighted by atomic mass is 9.88. The monoisotopic (exact) mass is 182 g/mol. The van der Waals surface area contributed by atoms with Crippen LogP contribution in [0.4, 0.5) is 8.78 Å². The fraction of sp³-hybridized carbons (Fsp3) is 0.455. The van der Waals surface area contributed by atoms with E-state index in [0.717, 1.165) is 36.8 Å². The summed E-state index contributed by atoms with van der Waals surface area (Å²) in [6, 6.07) is 5.26. The SMILES string of the molecule is FC(F)c1cccc2c1CCCC2. The van der Waals surface area contributed by atoms with Crippen LogP contribution in [0.15, 0.2) is 18.2 Å². The van der Waals surface area contributed by atoms with Crippen molar-refractivity contribution in [3.8, 4) is 0 Å². The topological polar surface area (TPSA) is 0 Å². The molecule has 0 heterocycles. The molecule has 0 nitrogen and oxygen atoms in total. The highest BCUT2D eigenvalue weighted by molar-refractivity contribution is 5.37. The lowest BCUT2D eigenvalue weighted by Gasteiger charge is -2.18. The standard InChI is InChI=1S/C11H12F2/c12-11(13)10-7-3-5-8-4-1-2-6-9(8)10/h3,5,7,11H,1-2,4,6H2. The number of halogens is 2. The van der Waals surface area contributed by atoms with Gasteiger partial charge in [-0.15, -0.1) is 0 Å². The zero-order valence-corrected chi connectivity index (χ0v) is 7.39. The largest absolute Gasteiger partial charge is 0.264 e. The second-order valence-corrected chi connectivity index (χ2v) is 3.49. The fourth-order valence-corrected chi connectivity index (χ4v) is 2.02. The van der Waals surface area contributed by atoms with Gasteiger partial charge in [-0.05, 0) is 36.8 Å². The van der Waals surface area contributed by atoms with Gasteiger partial charge in [0.05, 0.1) is 0 Å². The molecule has 0 fully saturated rings. The van der Waals surface area contributed by atoms with E-state index in [0.29, 0.717) is 0 Å². The third kappa shape index (κ3) is 1.58. The van der Waals surface area contributed by atoms with Crippen molar-refractivity contribution in [1.29, 1.82) is 0 Å². The first-order valence-corrected chi connectivity index (χ1v) is 4.68. The van der Waals surface area contributed by atoms with Crippen molar-refractivity contribution < 1.29 is 8.78 Å². The van der Waals surface area contributed by atoms with Crippen LogP contribution in [0.1, 0.15) is 36.0 Å². The summed E-state index contributed by atoms with van der Waals surface area (Å²) in [6.07, 6.45) is 1.68. The molecule has 0 saturated heterocycles. The Balaban J connectivity index is 2.46. The summed E-state index contributed by atoms with van der Waals surface area (Å²) in [7, 11) is 0. The maximum Gasteiger partial charge on any atom is 0.264 e. The van der Waals surface area contributed by atoms with E-state index in [9.17, 15) is 8.78 Å². The summed E-state index contributed by atoms with van der Waals surface area (Å²) in [6.45, 7) is 0. The predicted molar refractivity (Wildman–Crippen MR) is 48.0 cm³/mol. The van der Waals surface area contributed by atoms with Crippen LogP contribution < -0.4 is 0 Å². The Morgan fingerprint density at radius 2 is 1.85 bits per heavy atom. The second-order valence-electron chi connectivity index (χ2n) is 3.49. The smallest absolute Gasteiger partial charge is 0.205 e. The molecule has 1 aliphatic carbocycles. The molecule has 2 rings (SSSR count). The van der Waals surface area contributed by atoms with E-state index in [1.54, 1.807) is 12.1 Å². The molecule has 0 aromatic heterocycles. The van der Waals surface area contributed by atoms with Gasteiger partial charge in [-0.1, -0.05) is 18.2 Å². The normalized spacial score (nSPS) is 15.9. The highest BCUT2D eigenvalue weighted by atomic mass is 19.3. The summed E-state index contributed by atoms with van der Waals surface area (Å²) in [5.41, 5.74) is 2.28. The maximum absolute atomic E-state index is 12.6. The van der Waals surface area contributed by atoms with Crippen LogP contribution in [0.5, 0.6) is 0 Å². The van der Waals surface area contributed by atoms with Crippen LogP contribution in [0, 0.1) is 0 Å². The quantitative estimate of drug-likeness (QED) is 0.623. The Morgan fingerprint density at radius 1 is 1.08 bits per heavy atom. The van der Waals surface area contributed by atoms with Crippen LogP contribution in [-0.2, 0) is 12.8 Å². The van der Waals surface area contributed by atoms with Crippen molar-refractivity contribution in [2.75, 3.05) is 0 Å². The molecule has 2 heteroatoms. The van der Waals surface area contributed by atoms with Crippen LogP contribution in [0.2, 0.25) is 0 Å². The van der Waals surface area contributed by atoms with Gasteiger partial charge < -0.3 is 0 Å². The van der Waals surface area contributed by atoms with E-state index >= 15 is 0 Å². The van der Waals surface area contributed by atoms with Gasteiger partial charge in [0.25, 0.3) is 6.43 Å². The summed E-state index contributed by atoms with van der Waals surface area (Å²) in [5.74, 6) is 0. The average molecular weight is 182 g/mol. The lowest BCUT2D eigenvalue weighted by molar-refractivity contribution is 0.150. The van der Waals surface area contributed by atoms with Crippen molar-refractivity contribution in [2.24, 2.45) is 0 Å². The molecular weight excluding hydrogens is 170 g/mol.